The van der Waals surface area contributed by atoms with Crippen LogP contribution in [0.1, 0.15) is 36.7 Å². The summed E-state index contributed by atoms with van der Waals surface area (Å²) in [5, 5.41) is 0.780. The quantitative estimate of drug-likeness (QED) is 0.492. The third kappa shape index (κ3) is 3.86. The second-order valence-electron chi connectivity index (χ2n) is 6.80. The van der Waals surface area contributed by atoms with Gasteiger partial charge in [0.15, 0.2) is 11.4 Å². The van der Waals surface area contributed by atoms with Crippen molar-refractivity contribution in [2.75, 3.05) is 13.7 Å². The van der Waals surface area contributed by atoms with Crippen molar-refractivity contribution in [1.29, 1.82) is 0 Å². The van der Waals surface area contributed by atoms with Crippen molar-refractivity contribution < 1.29 is 23.8 Å². The minimum absolute atomic E-state index is 0.0885. The molecule has 3 rings (SSSR count). The molecule has 0 aliphatic rings. The normalized spacial score (nSPS) is 11.3. The van der Waals surface area contributed by atoms with Gasteiger partial charge in [0.2, 0.25) is 0 Å². The molecule has 0 atom stereocenters. The number of rotatable bonds is 7. The van der Waals surface area contributed by atoms with Gasteiger partial charge in [-0.1, -0.05) is 0 Å². The summed E-state index contributed by atoms with van der Waals surface area (Å²) in [6.07, 6.45) is 1.68. The maximum absolute atomic E-state index is 12.8. The Bertz CT molecular complexity index is 1000. The molecule has 0 aliphatic heterocycles. The largest absolute Gasteiger partial charge is 0.497 e. The van der Waals surface area contributed by atoms with E-state index in [4.69, 9.17) is 14.2 Å². The fourth-order valence-corrected chi connectivity index (χ4v) is 2.90. The summed E-state index contributed by atoms with van der Waals surface area (Å²) >= 11 is 0. The van der Waals surface area contributed by atoms with Crippen LogP contribution in [0.4, 0.5) is 0 Å². The highest BCUT2D eigenvalue weighted by Crippen LogP contribution is 2.28. The third-order valence-corrected chi connectivity index (χ3v) is 4.39. The van der Waals surface area contributed by atoms with Crippen molar-refractivity contribution in [2.24, 2.45) is 0 Å². The Morgan fingerprint density at radius 1 is 1.04 bits per heavy atom. The summed E-state index contributed by atoms with van der Waals surface area (Å²) in [6.45, 7) is 5.35. The van der Waals surface area contributed by atoms with Gasteiger partial charge in [-0.05, 0) is 57.2 Å². The maximum atomic E-state index is 12.8. The standard InChI is InChI=1S/C22H23NO5/c1-5-27-21(25)22(2,3)28-16-10-11-17-18(13-23-19(17)12-16)20(24)14-6-8-15(26-4)9-7-14/h6-13,23H,5H2,1-4H3. The summed E-state index contributed by atoms with van der Waals surface area (Å²) in [7, 11) is 1.58. The first-order valence-corrected chi connectivity index (χ1v) is 9.02. The van der Waals surface area contributed by atoms with Crippen LogP contribution in [0.5, 0.6) is 11.5 Å². The van der Waals surface area contributed by atoms with E-state index in [0.717, 1.165) is 10.9 Å². The molecule has 2 aromatic carbocycles. The SMILES string of the molecule is CCOC(=O)C(C)(C)Oc1ccc2c(C(=O)c3ccc(OC)cc3)c[nH]c2c1. The molecule has 1 aromatic heterocycles. The molecule has 0 saturated heterocycles. The molecule has 1 N–H and O–H groups in total. The van der Waals surface area contributed by atoms with Crippen molar-refractivity contribution >= 4 is 22.7 Å². The third-order valence-electron chi connectivity index (χ3n) is 4.39. The van der Waals surface area contributed by atoms with E-state index in [9.17, 15) is 9.59 Å². The van der Waals surface area contributed by atoms with Gasteiger partial charge in [0.1, 0.15) is 11.5 Å². The molecule has 0 spiro atoms. The number of benzene rings is 2. The number of aromatic amines is 1. The Morgan fingerprint density at radius 3 is 2.36 bits per heavy atom. The molecule has 0 unspecified atom stereocenters. The molecule has 0 aliphatic carbocycles. The number of ketones is 1. The predicted molar refractivity (Wildman–Crippen MR) is 106 cm³/mol. The number of esters is 1. The van der Waals surface area contributed by atoms with Crippen LogP contribution in [0, 0.1) is 0 Å². The van der Waals surface area contributed by atoms with Gasteiger partial charge in [-0.3, -0.25) is 4.79 Å². The van der Waals surface area contributed by atoms with Crippen molar-refractivity contribution in [1.82, 2.24) is 4.98 Å². The molecule has 1 heterocycles. The van der Waals surface area contributed by atoms with Crippen LogP contribution in [-0.4, -0.2) is 36.1 Å². The number of hydrogen-bond acceptors (Lipinski definition) is 5. The Kier molecular flexibility index (Phi) is 5.40. The van der Waals surface area contributed by atoms with E-state index in [1.165, 1.54) is 0 Å². The maximum Gasteiger partial charge on any atom is 0.349 e. The van der Waals surface area contributed by atoms with E-state index in [1.54, 1.807) is 76.5 Å². The fourth-order valence-electron chi connectivity index (χ4n) is 2.90. The highest BCUT2D eigenvalue weighted by molar-refractivity contribution is 6.16. The average Bonchev–Trinajstić information content (AvgIpc) is 3.10. The number of H-pyrrole nitrogens is 1. The summed E-state index contributed by atoms with van der Waals surface area (Å²) in [5.74, 6) is 0.684. The van der Waals surface area contributed by atoms with Crippen molar-refractivity contribution in [3.63, 3.8) is 0 Å². The number of methoxy groups -OCH3 is 1. The molecule has 6 heteroatoms. The smallest absolute Gasteiger partial charge is 0.349 e. The van der Waals surface area contributed by atoms with Gasteiger partial charge in [-0.25, -0.2) is 4.79 Å². The highest BCUT2D eigenvalue weighted by Gasteiger charge is 2.31. The fraction of sp³-hybridized carbons (Fsp3) is 0.273. The van der Waals surface area contributed by atoms with Gasteiger partial charge in [-0.15, -0.1) is 0 Å². The van der Waals surface area contributed by atoms with Crippen LogP contribution in [0.15, 0.2) is 48.7 Å². The first-order valence-electron chi connectivity index (χ1n) is 9.02. The minimum atomic E-state index is -1.11. The van der Waals surface area contributed by atoms with Crippen LogP contribution in [0.3, 0.4) is 0 Å². The van der Waals surface area contributed by atoms with Crippen LogP contribution in [0.25, 0.3) is 10.9 Å². The number of carbonyl (C=O) groups excluding carboxylic acids is 2. The molecule has 0 saturated carbocycles. The zero-order chi connectivity index (χ0) is 20.3. The van der Waals surface area contributed by atoms with Crippen LogP contribution < -0.4 is 9.47 Å². The highest BCUT2D eigenvalue weighted by atomic mass is 16.6. The van der Waals surface area contributed by atoms with Crippen LogP contribution in [0.2, 0.25) is 0 Å². The zero-order valence-electron chi connectivity index (χ0n) is 16.4. The second-order valence-corrected chi connectivity index (χ2v) is 6.80. The van der Waals surface area contributed by atoms with E-state index in [2.05, 4.69) is 4.98 Å². The summed E-state index contributed by atoms with van der Waals surface area (Å²) in [4.78, 5) is 28.0. The Hall–Kier alpha value is -3.28. The van der Waals surface area contributed by atoms with Gasteiger partial charge < -0.3 is 19.2 Å². The van der Waals surface area contributed by atoms with Gasteiger partial charge in [-0.2, -0.15) is 0 Å². The number of ether oxygens (including phenoxy) is 3. The van der Waals surface area contributed by atoms with Gasteiger partial charge >= 0.3 is 5.97 Å². The zero-order valence-corrected chi connectivity index (χ0v) is 16.4. The number of carbonyl (C=O) groups is 2. The Balaban J connectivity index is 1.86. The van der Waals surface area contributed by atoms with Crippen molar-refractivity contribution in [3.05, 3.63) is 59.8 Å². The van der Waals surface area contributed by atoms with Gasteiger partial charge in [0.05, 0.1) is 13.7 Å². The van der Waals surface area contributed by atoms with Crippen LogP contribution in [-0.2, 0) is 9.53 Å². The Labute approximate surface area is 163 Å². The van der Waals surface area contributed by atoms with Crippen LogP contribution >= 0.6 is 0 Å². The molecular weight excluding hydrogens is 358 g/mol. The molecule has 3 aromatic rings. The lowest BCUT2D eigenvalue weighted by Gasteiger charge is -2.24. The van der Waals surface area contributed by atoms with Crippen molar-refractivity contribution in [3.8, 4) is 11.5 Å². The first-order chi connectivity index (χ1) is 13.4. The lowest BCUT2D eigenvalue weighted by atomic mass is 10.0. The minimum Gasteiger partial charge on any atom is -0.497 e. The number of fused-ring (bicyclic) bond motifs is 1. The first kappa shape index (κ1) is 19.5. The van der Waals surface area contributed by atoms with E-state index in [0.29, 0.717) is 22.6 Å². The molecule has 28 heavy (non-hydrogen) atoms. The molecular formula is C22H23NO5. The number of hydrogen-bond donors (Lipinski definition) is 1. The predicted octanol–water partition coefficient (Wildman–Crippen LogP) is 4.13. The molecule has 0 fully saturated rings. The molecule has 0 radical (unpaired) electrons. The van der Waals surface area contributed by atoms with Crippen molar-refractivity contribution in [2.45, 2.75) is 26.4 Å². The molecule has 146 valence electrons. The Morgan fingerprint density at radius 2 is 1.71 bits per heavy atom. The second kappa shape index (κ2) is 7.76. The number of nitrogens with one attached hydrogen (secondary N) is 1. The molecule has 0 bridgehead atoms. The monoisotopic (exact) mass is 381 g/mol. The van der Waals surface area contributed by atoms with E-state index in [1.807, 2.05) is 0 Å². The van der Waals surface area contributed by atoms with Gasteiger partial charge in [0.25, 0.3) is 0 Å². The molecule has 0 amide bonds. The average molecular weight is 381 g/mol. The summed E-state index contributed by atoms with van der Waals surface area (Å²) in [5.41, 5.74) is 0.772. The molecule has 6 nitrogen and oxygen atoms in total. The summed E-state index contributed by atoms with van der Waals surface area (Å²) < 4.78 is 16.0. The number of aromatic nitrogens is 1. The summed E-state index contributed by atoms with van der Waals surface area (Å²) in [6, 6.07) is 12.3. The van der Waals surface area contributed by atoms with Gasteiger partial charge in [0, 0.05) is 34.3 Å². The topological polar surface area (TPSA) is 77.6 Å². The van der Waals surface area contributed by atoms with E-state index in [-0.39, 0.29) is 12.4 Å². The van der Waals surface area contributed by atoms with E-state index < -0.39 is 11.6 Å². The lowest BCUT2D eigenvalue weighted by Crippen LogP contribution is -2.39. The lowest BCUT2D eigenvalue weighted by molar-refractivity contribution is -0.158. The van der Waals surface area contributed by atoms with E-state index >= 15 is 0 Å².